The smallest absolute Gasteiger partial charge is 0.253 e. The van der Waals surface area contributed by atoms with E-state index in [1.807, 2.05) is 0 Å². The van der Waals surface area contributed by atoms with E-state index in [1.165, 1.54) is 58.3 Å². The highest BCUT2D eigenvalue weighted by molar-refractivity contribution is 6.03. The summed E-state index contributed by atoms with van der Waals surface area (Å²) in [6.07, 6.45) is 1.71. The molecule has 0 spiro atoms. The maximum Gasteiger partial charge on any atom is 0.253 e. The second-order valence-electron chi connectivity index (χ2n) is 18.3. The van der Waals surface area contributed by atoms with Gasteiger partial charge in [0.15, 0.2) is 0 Å². The lowest BCUT2D eigenvalue weighted by Crippen LogP contribution is -2.42. The van der Waals surface area contributed by atoms with Crippen LogP contribution in [0.2, 0.25) is 0 Å². The second kappa shape index (κ2) is 23.4. The molecule has 0 aromatic heterocycles. The third-order valence-electron chi connectivity index (χ3n) is 13.4. The van der Waals surface area contributed by atoms with Gasteiger partial charge in [0.2, 0.25) is 23.6 Å². The van der Waals surface area contributed by atoms with Crippen molar-refractivity contribution in [1.29, 1.82) is 0 Å². The first kappa shape index (κ1) is 50.5. The predicted molar refractivity (Wildman–Crippen MR) is 262 cm³/mol. The Hall–Kier alpha value is -7.88. The van der Waals surface area contributed by atoms with Crippen LogP contribution in [0.25, 0.3) is 10.8 Å². The van der Waals surface area contributed by atoms with Gasteiger partial charge >= 0.3 is 0 Å². The van der Waals surface area contributed by atoms with Crippen molar-refractivity contribution in [2.75, 3.05) is 52.4 Å². The van der Waals surface area contributed by atoms with E-state index in [2.05, 4.69) is 21.3 Å². The fourth-order valence-corrected chi connectivity index (χ4v) is 9.33. The molecule has 72 heavy (non-hydrogen) atoms. The van der Waals surface area contributed by atoms with Crippen molar-refractivity contribution >= 4 is 46.2 Å². The molecule has 6 aromatic rings. The van der Waals surface area contributed by atoms with Crippen LogP contribution in [0.5, 0.6) is 0 Å². The number of rotatable bonds is 18. The highest BCUT2D eigenvalue weighted by Crippen LogP contribution is 2.30. The number of likely N-dealkylation sites (tertiary alicyclic amines) is 2. The summed E-state index contributed by atoms with van der Waals surface area (Å²) < 4.78 is 53.8. The number of nitrogens with zero attached hydrogens (tertiary/aromatic N) is 2. The monoisotopic (exact) mass is 982 g/mol. The van der Waals surface area contributed by atoms with E-state index < -0.39 is 59.1 Å². The predicted octanol–water partition coefficient (Wildman–Crippen LogP) is 6.21. The third-order valence-corrected chi connectivity index (χ3v) is 13.4. The first-order valence-electron chi connectivity index (χ1n) is 24.0. The van der Waals surface area contributed by atoms with E-state index >= 15 is 0 Å². The lowest BCUT2D eigenvalue weighted by molar-refractivity contribution is -0.132. The first-order chi connectivity index (χ1) is 34.8. The zero-order valence-corrected chi connectivity index (χ0v) is 39.4. The Balaban J connectivity index is 0.927. The van der Waals surface area contributed by atoms with E-state index in [9.17, 15) is 46.3 Å². The quantitative estimate of drug-likeness (QED) is 0.0752. The van der Waals surface area contributed by atoms with Crippen LogP contribution < -0.4 is 21.3 Å². The third kappa shape index (κ3) is 12.9. The molecule has 2 aliphatic rings. The summed E-state index contributed by atoms with van der Waals surface area (Å²) in [5.41, 5.74) is 3.86. The molecule has 6 amide bonds. The van der Waals surface area contributed by atoms with Gasteiger partial charge in [0.05, 0.1) is 23.7 Å². The van der Waals surface area contributed by atoms with Gasteiger partial charge in [-0.05, 0) is 132 Å². The Morgan fingerprint density at radius 3 is 0.833 bits per heavy atom. The summed E-state index contributed by atoms with van der Waals surface area (Å²) in [4.78, 5) is 86.0. The van der Waals surface area contributed by atoms with Crippen LogP contribution in [-0.4, -0.2) is 97.6 Å². The Kier molecular flexibility index (Phi) is 16.4. The maximum absolute atomic E-state index is 14.1. The van der Waals surface area contributed by atoms with Crippen molar-refractivity contribution in [2.24, 2.45) is 23.7 Å². The molecule has 372 valence electrons. The summed E-state index contributed by atoms with van der Waals surface area (Å²) in [7, 11) is 0. The number of nitrogens with one attached hydrogen (secondary N) is 4. The molecule has 2 heterocycles. The van der Waals surface area contributed by atoms with Gasteiger partial charge in [-0.15, -0.1) is 0 Å². The van der Waals surface area contributed by atoms with Crippen molar-refractivity contribution < 1.29 is 46.3 Å². The lowest BCUT2D eigenvalue weighted by atomic mass is 9.94. The van der Waals surface area contributed by atoms with Crippen molar-refractivity contribution in [3.63, 3.8) is 0 Å². The van der Waals surface area contributed by atoms with Crippen LogP contribution in [0.1, 0.15) is 43.0 Å². The molecule has 16 heteroatoms. The summed E-state index contributed by atoms with van der Waals surface area (Å²) in [6, 6.07) is 33.7. The summed E-state index contributed by atoms with van der Waals surface area (Å²) >= 11 is 0. The minimum Gasteiger partial charge on any atom is -0.355 e. The Bertz CT molecular complexity index is 2580. The van der Waals surface area contributed by atoms with E-state index in [0.29, 0.717) is 47.6 Å². The lowest BCUT2D eigenvalue weighted by Gasteiger charge is -2.18. The second-order valence-corrected chi connectivity index (χ2v) is 18.3. The summed E-state index contributed by atoms with van der Waals surface area (Å²) in [6.45, 7) is 0.801. The largest absolute Gasteiger partial charge is 0.355 e. The molecule has 4 N–H and O–H groups in total. The topological polar surface area (TPSA) is 157 Å². The number of fused-ring (bicyclic) bond motifs is 1. The molecular weight excluding hydrogens is 929 g/mol. The number of hydrogen-bond donors (Lipinski definition) is 4. The molecule has 0 saturated carbocycles. The van der Waals surface area contributed by atoms with Gasteiger partial charge in [-0.2, -0.15) is 0 Å². The standard InChI is InChI=1S/C56H54F4N6O6/c57-43-13-1-35(2-14-43)21-25-61-51(67)47-31-65(32-48(47)52(68)62-26-22-36-3-15-44(58)16-4-36)55(71)41-11-9-40-30-42(12-10-39(40)29-41)56(72)66-33-49(53(69)63-27-23-37-5-17-45(59)18-6-37)50(34-66)54(70)64-28-24-38-7-19-46(60)20-8-38/h1-20,29-30,47-50H,21-28,31-34H2,(H,61,67)(H,62,68)(H,63,69)(H,64,70). The molecule has 0 aliphatic carbocycles. The average Bonchev–Trinajstić information content (AvgIpc) is 4.05. The summed E-state index contributed by atoms with van der Waals surface area (Å²) in [5.74, 6) is -7.37. The Morgan fingerprint density at radius 1 is 0.361 bits per heavy atom. The first-order valence-corrected chi connectivity index (χ1v) is 24.0. The molecule has 2 fully saturated rings. The minimum absolute atomic E-state index is 0.0287. The van der Waals surface area contributed by atoms with Crippen molar-refractivity contribution in [2.45, 2.75) is 25.7 Å². The van der Waals surface area contributed by atoms with Gasteiger partial charge in [-0.25, -0.2) is 17.6 Å². The molecule has 0 bridgehead atoms. The number of benzene rings is 6. The Labute approximate surface area is 414 Å². The average molecular weight is 983 g/mol. The molecule has 6 aromatic carbocycles. The van der Waals surface area contributed by atoms with E-state index in [-0.39, 0.29) is 75.6 Å². The van der Waals surface area contributed by atoms with Gasteiger partial charge in [0, 0.05) is 63.5 Å². The highest BCUT2D eigenvalue weighted by atomic mass is 19.1. The number of halogens is 4. The van der Waals surface area contributed by atoms with Gasteiger partial charge in [-0.3, -0.25) is 28.8 Å². The molecule has 2 aliphatic heterocycles. The molecule has 4 unspecified atom stereocenters. The molecule has 12 nitrogen and oxygen atoms in total. The molecule has 0 radical (unpaired) electrons. The van der Waals surface area contributed by atoms with Gasteiger partial charge in [0.1, 0.15) is 23.3 Å². The highest BCUT2D eigenvalue weighted by Gasteiger charge is 2.45. The normalized spacial score (nSPS) is 17.4. The van der Waals surface area contributed by atoms with Crippen molar-refractivity contribution in [1.82, 2.24) is 31.1 Å². The fraction of sp³-hybridized carbons (Fsp3) is 0.286. The van der Waals surface area contributed by atoms with Crippen molar-refractivity contribution in [3.05, 3.63) is 190 Å². The fourth-order valence-electron chi connectivity index (χ4n) is 9.33. The van der Waals surface area contributed by atoms with Crippen LogP contribution in [0.15, 0.2) is 133 Å². The number of carbonyl (C=O) groups excluding carboxylic acids is 6. The van der Waals surface area contributed by atoms with E-state index in [0.717, 1.165) is 22.3 Å². The zero-order chi connectivity index (χ0) is 50.7. The molecule has 8 rings (SSSR count). The molecule has 2 saturated heterocycles. The minimum atomic E-state index is -0.869. The zero-order valence-electron chi connectivity index (χ0n) is 39.4. The number of carbonyl (C=O) groups is 6. The van der Waals surface area contributed by atoms with Crippen LogP contribution in [0.4, 0.5) is 17.6 Å². The van der Waals surface area contributed by atoms with E-state index in [1.54, 1.807) is 84.9 Å². The number of hydrogen-bond acceptors (Lipinski definition) is 6. The van der Waals surface area contributed by atoms with Gasteiger partial charge in [0.25, 0.3) is 11.8 Å². The van der Waals surface area contributed by atoms with Crippen molar-refractivity contribution in [3.8, 4) is 0 Å². The molecule has 4 atom stereocenters. The van der Waals surface area contributed by atoms with Crippen LogP contribution in [0, 0.1) is 46.9 Å². The van der Waals surface area contributed by atoms with Gasteiger partial charge < -0.3 is 31.1 Å². The van der Waals surface area contributed by atoms with Crippen LogP contribution in [0.3, 0.4) is 0 Å². The van der Waals surface area contributed by atoms with E-state index in [4.69, 9.17) is 0 Å². The molecular formula is C56H54F4N6O6. The summed E-state index contributed by atoms with van der Waals surface area (Å²) in [5, 5.41) is 12.8. The van der Waals surface area contributed by atoms with Crippen LogP contribution >= 0.6 is 0 Å². The Morgan fingerprint density at radius 2 is 0.597 bits per heavy atom. The van der Waals surface area contributed by atoms with Crippen LogP contribution in [-0.2, 0) is 44.9 Å². The maximum atomic E-state index is 14.1. The SMILES string of the molecule is O=C(NCCc1ccc(F)cc1)C1CN(C(=O)c2ccc3cc(C(=O)N4CC(C(=O)NCCc5ccc(F)cc5)C(C(=O)NCCc5ccc(F)cc5)C4)ccc3c2)CC1C(=O)NCCc1ccc(F)cc1. The van der Waals surface area contributed by atoms with Gasteiger partial charge in [-0.1, -0.05) is 60.7 Å². The number of amides is 6.